The van der Waals surface area contributed by atoms with E-state index in [4.69, 9.17) is 0 Å². The van der Waals surface area contributed by atoms with Crippen molar-refractivity contribution in [3.05, 3.63) is 6.55 Å². The normalized spacial score (nSPS) is 10.2. The first-order valence-electron chi connectivity index (χ1n) is 6.66. The Bertz CT molecular complexity index is 83.1. The first-order valence-corrected chi connectivity index (χ1v) is 14.9. The average molecular weight is 496 g/mol. The molecule has 0 N–H and O–H groups in total. The standard InChI is InChI=1S/C7H20Si2.C3H9Si.CH2Br2.Y/c1-3-8-6-5-7-9-4-2;1-3-4-2;2-1-3;/h3-9H2,1-2H3;2-4H2,1H3;1H2;/q;-1;;. The van der Waals surface area contributed by atoms with Gasteiger partial charge in [-0.3, -0.25) is 0 Å². The van der Waals surface area contributed by atoms with Crippen LogP contribution < -0.4 is 0 Å². The quantitative estimate of drug-likeness (QED) is 0.219. The number of rotatable bonds is 7. The molecule has 0 amide bonds. The van der Waals surface area contributed by atoms with Gasteiger partial charge in [0.1, 0.15) is 0 Å². The Kier molecular flexibility index (Phi) is 59.7. The summed E-state index contributed by atoms with van der Waals surface area (Å²) in [6, 6.07) is 7.65. The summed E-state index contributed by atoms with van der Waals surface area (Å²) in [5, 5.41) is 0. The molecule has 0 aromatic rings. The Balaban J connectivity index is -0.0000000893. The summed E-state index contributed by atoms with van der Waals surface area (Å²) in [6.07, 6.45) is 1.58. The van der Waals surface area contributed by atoms with Crippen LogP contribution in [0.4, 0.5) is 0 Å². The monoisotopic (exact) mass is 494 g/mol. The fraction of sp³-hybridized carbons (Fsp3) is 0.909. The zero-order valence-electron chi connectivity index (χ0n) is 12.1. The van der Waals surface area contributed by atoms with Crippen LogP contribution in [0.15, 0.2) is 0 Å². The van der Waals surface area contributed by atoms with Gasteiger partial charge in [-0.05, 0) is 0 Å². The van der Waals surface area contributed by atoms with Gasteiger partial charge >= 0.3 is 0 Å². The maximum Gasteiger partial charge on any atom is 0.0588 e. The summed E-state index contributed by atoms with van der Waals surface area (Å²) in [6.45, 7) is 10.6. The van der Waals surface area contributed by atoms with Crippen molar-refractivity contribution in [1.29, 1.82) is 0 Å². The third-order valence-electron chi connectivity index (χ3n) is 2.06. The molecule has 105 valence electrons. The minimum Gasteiger partial charge on any atom is -0.348 e. The molecule has 0 spiro atoms. The number of alkyl halides is 2. The van der Waals surface area contributed by atoms with Crippen molar-refractivity contribution in [2.45, 2.75) is 57.4 Å². The Morgan fingerprint density at radius 3 is 1.35 bits per heavy atom. The molecule has 0 fully saturated rings. The van der Waals surface area contributed by atoms with Crippen LogP contribution in [-0.4, -0.2) is 32.8 Å². The predicted octanol–water partition coefficient (Wildman–Crippen LogP) is 3.54. The van der Waals surface area contributed by atoms with Crippen molar-refractivity contribution >= 4 is 60.4 Å². The number of hydrogen-bond donors (Lipinski definition) is 0. The molecule has 17 heavy (non-hydrogen) atoms. The second-order valence-corrected chi connectivity index (χ2v) is 12.9. The van der Waals surface area contributed by atoms with E-state index >= 15 is 0 Å². The van der Waals surface area contributed by atoms with Gasteiger partial charge in [0.25, 0.3) is 0 Å². The van der Waals surface area contributed by atoms with Gasteiger partial charge in [0.2, 0.25) is 0 Å². The van der Waals surface area contributed by atoms with Gasteiger partial charge in [-0.15, -0.1) is 9.52 Å². The molecule has 0 aromatic carbocycles. The van der Waals surface area contributed by atoms with Crippen molar-refractivity contribution < 1.29 is 32.7 Å². The molecule has 0 rings (SSSR count). The molecule has 0 aromatic heterocycles. The topological polar surface area (TPSA) is 0 Å². The smallest absolute Gasteiger partial charge is 0.0588 e. The van der Waals surface area contributed by atoms with E-state index in [9.17, 15) is 0 Å². The van der Waals surface area contributed by atoms with E-state index in [2.05, 4.69) is 59.2 Å². The van der Waals surface area contributed by atoms with Crippen LogP contribution in [0.25, 0.3) is 0 Å². The third kappa shape index (κ3) is 55.4. The second kappa shape index (κ2) is 36.3. The molecule has 0 aliphatic rings. The molecule has 0 bridgehead atoms. The zero-order chi connectivity index (χ0) is 13.1. The van der Waals surface area contributed by atoms with Crippen molar-refractivity contribution in [3.63, 3.8) is 0 Å². The van der Waals surface area contributed by atoms with Gasteiger partial charge in [0.05, 0.1) is 4.24 Å². The molecule has 0 aliphatic heterocycles. The SMILES string of the molecule is BrCBr.CC[SiH2]CCC[SiH2]CC.[CH2-][SiH2]CC.[Y]. The molecule has 0 saturated carbocycles. The maximum atomic E-state index is 3.74. The largest absolute Gasteiger partial charge is 0.348 e. The van der Waals surface area contributed by atoms with Gasteiger partial charge in [0.15, 0.2) is 0 Å². The van der Waals surface area contributed by atoms with Crippen LogP contribution in [0.2, 0.25) is 30.2 Å². The Morgan fingerprint density at radius 1 is 0.882 bits per heavy atom. The first-order chi connectivity index (χ1) is 7.74. The van der Waals surface area contributed by atoms with Crippen LogP contribution in [-0.2, 0) is 32.7 Å². The molecular weight excluding hydrogens is 465 g/mol. The minimum absolute atomic E-state index is 0. The summed E-state index contributed by atoms with van der Waals surface area (Å²) in [4.78, 5) is 0. The minimum atomic E-state index is 0. The predicted molar refractivity (Wildman–Crippen MR) is 99.4 cm³/mol. The molecule has 0 saturated heterocycles. The number of halogens is 2. The van der Waals surface area contributed by atoms with E-state index in [1.165, 1.54) is 18.1 Å². The van der Waals surface area contributed by atoms with Crippen LogP contribution >= 0.6 is 31.9 Å². The zero-order valence-corrected chi connectivity index (χ0v) is 22.4. The summed E-state index contributed by atoms with van der Waals surface area (Å²) in [5.74, 6) is 0. The second-order valence-electron chi connectivity index (χ2n) is 3.72. The first kappa shape index (κ1) is 28.0. The number of hydrogen-bond acceptors (Lipinski definition) is 0. The fourth-order valence-corrected chi connectivity index (χ4v) is 4.15. The van der Waals surface area contributed by atoms with Gasteiger partial charge in [-0.2, -0.15) is 0 Å². The fourth-order valence-electron chi connectivity index (χ4n) is 1.03. The average Bonchev–Trinajstić information content (AvgIpc) is 2.30. The van der Waals surface area contributed by atoms with Crippen molar-refractivity contribution in [1.82, 2.24) is 0 Å². The van der Waals surface area contributed by atoms with Gasteiger partial charge in [-0.25, -0.2) is 0 Å². The molecule has 0 aliphatic carbocycles. The van der Waals surface area contributed by atoms with Gasteiger partial charge in [-0.1, -0.05) is 89.3 Å². The summed E-state index contributed by atoms with van der Waals surface area (Å²) in [7, 11) is 1.01. The Hall–Kier alpha value is 2.71. The van der Waals surface area contributed by atoms with E-state index in [0.29, 0.717) is 19.0 Å². The Morgan fingerprint density at radius 2 is 1.18 bits per heavy atom. The molecule has 0 unspecified atom stereocenters. The van der Waals surface area contributed by atoms with E-state index in [1.54, 1.807) is 18.5 Å². The van der Waals surface area contributed by atoms with Crippen molar-refractivity contribution in [2.75, 3.05) is 4.24 Å². The summed E-state index contributed by atoms with van der Waals surface area (Å²) >= 11 is 6.12. The van der Waals surface area contributed by atoms with E-state index in [-0.39, 0.29) is 42.2 Å². The van der Waals surface area contributed by atoms with Crippen LogP contribution in [0.5, 0.6) is 0 Å². The van der Waals surface area contributed by atoms with Crippen LogP contribution in [0.1, 0.15) is 27.2 Å². The Labute approximate surface area is 159 Å². The van der Waals surface area contributed by atoms with E-state index in [0.717, 1.165) is 4.24 Å². The van der Waals surface area contributed by atoms with E-state index in [1.807, 2.05) is 0 Å². The molecule has 0 heterocycles. The van der Waals surface area contributed by atoms with E-state index < -0.39 is 0 Å². The molecule has 1 radical (unpaired) electrons. The van der Waals surface area contributed by atoms with Crippen LogP contribution in [0.3, 0.4) is 0 Å². The van der Waals surface area contributed by atoms with Crippen LogP contribution in [0, 0.1) is 6.55 Å². The van der Waals surface area contributed by atoms with Gasteiger partial charge < -0.3 is 6.55 Å². The van der Waals surface area contributed by atoms with Crippen molar-refractivity contribution in [3.8, 4) is 0 Å². The molecule has 6 heteroatoms. The maximum absolute atomic E-state index is 3.74. The summed E-state index contributed by atoms with van der Waals surface area (Å²) < 4.78 is 0.875. The third-order valence-corrected chi connectivity index (χ3v) is 6.18. The summed E-state index contributed by atoms with van der Waals surface area (Å²) in [5.41, 5.74) is 0. The van der Waals surface area contributed by atoms with Gasteiger partial charge in [0, 0.05) is 51.7 Å². The van der Waals surface area contributed by atoms with Crippen molar-refractivity contribution in [2.24, 2.45) is 0 Å². The molecular formula is C11H31Br2Si3Y-. The molecule has 0 atom stereocenters. The molecule has 0 nitrogen and oxygen atoms in total.